The Morgan fingerprint density at radius 3 is 2.58 bits per heavy atom. The van der Waals surface area contributed by atoms with Crippen molar-refractivity contribution in [1.82, 2.24) is 10.2 Å². The Hall–Kier alpha value is -4.11. The van der Waals surface area contributed by atoms with Crippen LogP contribution in [0.1, 0.15) is 165 Å². The van der Waals surface area contributed by atoms with E-state index in [-0.39, 0.29) is 71.8 Å². The quantitative estimate of drug-likeness (QED) is 0.106. The maximum Gasteiger partial charge on any atom is 0.339 e. The summed E-state index contributed by atoms with van der Waals surface area (Å²) >= 11 is 0. The number of Topliss-reactive ketones (excluding diaryl/α,β-unsaturated/α-hetero) is 1. The summed E-state index contributed by atoms with van der Waals surface area (Å²) in [4.78, 5) is 52.0. The predicted octanol–water partition coefficient (Wildman–Crippen LogP) is 10.6. The van der Waals surface area contributed by atoms with E-state index in [1.54, 1.807) is 6.26 Å². The summed E-state index contributed by atoms with van der Waals surface area (Å²) in [5, 5.41) is 41.5. The van der Waals surface area contributed by atoms with E-state index in [1.165, 1.54) is 36.8 Å². The standard InChI is InChI=1S/C75H94N2O11/c1-41-51-17-7-6-14-44(51)20-26-69(41)24-10-25-72-58(69)33-50-32-48-16-9-23-70(48)36-47-35-68(2)64(53-22-28-84-57(53)34-54(56(79)38-78)45-18-19-52-46(31-45)21-27-77-40-76-37-55(52)77)86-67(83)65-75(68,87-65)73(49-15-8-13-43(30-49)29-42-11-4-3-5-12-42)60(47)71(61(72)59(80)63(73)81)39-85-66(82)62(70)74(50,71)88-72/h3-5,11-12,20-22,26-28,33,41,43-49,51-52,54-56,58,60-65,76,78-79,81H,6-10,13-19,23-25,29-32,34-40H2,1-2H3. The largest absolute Gasteiger partial charge is 0.469 e. The number of rotatable bonds is 9. The molecule has 19 rings (SSSR count). The number of cyclic esters (lactones) is 2. The molecule has 28 unspecified atom stereocenters. The number of carbonyl (C=O) groups excluding carboxylic acids is 3. The van der Waals surface area contributed by atoms with Gasteiger partial charge in [0, 0.05) is 46.7 Å². The first kappa shape index (κ1) is 55.5. The first-order valence-electron chi connectivity index (χ1n) is 35.7. The van der Waals surface area contributed by atoms with E-state index >= 15 is 14.4 Å². The number of hydrogen-bond acceptors (Lipinski definition) is 13. The molecule has 88 heavy (non-hydrogen) atoms. The molecule has 14 fully saturated rings. The molecular formula is C75H94N2O11. The molecule has 7 aliphatic heterocycles. The molecule has 0 amide bonds. The molecule has 13 nitrogen and oxygen atoms in total. The normalized spacial score (nSPS) is 53.2. The van der Waals surface area contributed by atoms with Crippen LogP contribution in [0.4, 0.5) is 0 Å². The SMILES string of the molecule is CC1C2CCCCC2C=CC12CCCC13OC45C(=CC21)CC1CCCC12CC1CC6(C)C(c7ccoc7CC(C(O)CO)C7CCC8C(C=CN9CNCC89)C7)OC(=O)C7OC76C6(C7CCCC(Cc8ccccc8)C7)C(O)C(=O)C3C4(COC(=O)C25)C16. The summed E-state index contributed by atoms with van der Waals surface area (Å²) in [6.45, 7) is 6.36. The van der Waals surface area contributed by atoms with Crippen molar-refractivity contribution in [3.05, 3.63) is 95.6 Å². The fraction of sp³-hybridized carbons (Fsp3) is 0.747. The number of fused-ring (bicyclic) bond motifs is 5. The van der Waals surface area contributed by atoms with Crippen molar-refractivity contribution in [1.29, 1.82) is 0 Å². The zero-order chi connectivity index (χ0) is 59.3. The summed E-state index contributed by atoms with van der Waals surface area (Å²) in [5.41, 5.74) is -4.27. The second-order valence-corrected chi connectivity index (χ2v) is 33.4. The van der Waals surface area contributed by atoms with E-state index in [4.69, 9.17) is 23.4 Å². The van der Waals surface area contributed by atoms with Crippen LogP contribution in [0.5, 0.6) is 0 Å². The van der Waals surface area contributed by atoms with Crippen LogP contribution in [-0.4, -0.2) is 106 Å². The van der Waals surface area contributed by atoms with E-state index in [9.17, 15) is 15.3 Å². The molecule has 9 saturated carbocycles. The van der Waals surface area contributed by atoms with Crippen LogP contribution in [-0.2, 0) is 46.2 Å². The van der Waals surface area contributed by atoms with Gasteiger partial charge in [0.1, 0.15) is 35.8 Å². The van der Waals surface area contributed by atoms with E-state index in [0.29, 0.717) is 60.7 Å². The van der Waals surface area contributed by atoms with Crippen molar-refractivity contribution >= 4 is 17.7 Å². The zero-order valence-electron chi connectivity index (χ0n) is 51.9. The van der Waals surface area contributed by atoms with Gasteiger partial charge in [0.25, 0.3) is 0 Å². The molecule has 10 aliphatic carbocycles. The van der Waals surface area contributed by atoms with E-state index < -0.39 is 86.6 Å². The van der Waals surface area contributed by atoms with Gasteiger partial charge in [-0.2, -0.15) is 0 Å². The lowest BCUT2D eigenvalue weighted by Gasteiger charge is -2.73. The van der Waals surface area contributed by atoms with Crippen molar-refractivity contribution in [3.63, 3.8) is 0 Å². The highest BCUT2D eigenvalue weighted by Gasteiger charge is 2.99. The van der Waals surface area contributed by atoms with Crippen LogP contribution in [0, 0.1) is 116 Å². The van der Waals surface area contributed by atoms with Gasteiger partial charge in [-0.05, 0) is 203 Å². The molecule has 13 heteroatoms. The number of allylic oxidation sites excluding steroid dienone is 3. The van der Waals surface area contributed by atoms with Crippen molar-refractivity contribution in [2.75, 3.05) is 26.4 Å². The molecule has 0 radical (unpaired) electrons. The Bertz CT molecular complexity index is 3340. The Balaban J connectivity index is 0.801. The van der Waals surface area contributed by atoms with Crippen molar-refractivity contribution in [2.45, 2.75) is 202 Å². The number of nitrogens with one attached hydrogen (secondary N) is 1. The lowest BCUT2D eigenvalue weighted by molar-refractivity contribution is -0.301. The number of furan rings is 1. The Kier molecular flexibility index (Phi) is 11.9. The monoisotopic (exact) mass is 1200 g/mol. The highest BCUT2D eigenvalue weighted by atomic mass is 16.7. The van der Waals surface area contributed by atoms with Crippen LogP contribution in [0.25, 0.3) is 0 Å². The lowest BCUT2D eigenvalue weighted by Crippen LogP contribution is -2.82. The number of esters is 2. The van der Waals surface area contributed by atoms with Crippen molar-refractivity contribution in [3.8, 4) is 0 Å². The number of epoxide rings is 1. The fourth-order valence-corrected chi connectivity index (χ4v) is 28.5. The van der Waals surface area contributed by atoms with Gasteiger partial charge in [0.15, 0.2) is 11.9 Å². The number of nitrogens with zero attached hydrogens (tertiary/aromatic N) is 1. The van der Waals surface area contributed by atoms with Crippen LogP contribution in [0.2, 0.25) is 0 Å². The summed E-state index contributed by atoms with van der Waals surface area (Å²) in [5.74, 6) is 0.243. The Morgan fingerprint density at radius 2 is 1.70 bits per heavy atom. The second kappa shape index (κ2) is 18.8. The molecule has 28 atom stereocenters. The van der Waals surface area contributed by atoms with Crippen molar-refractivity contribution in [2.24, 2.45) is 116 Å². The molecular weight excluding hydrogens is 1100 g/mol. The summed E-state index contributed by atoms with van der Waals surface area (Å²) < 4.78 is 37.3. The van der Waals surface area contributed by atoms with Gasteiger partial charge in [0.05, 0.1) is 48.5 Å². The number of aliphatic hydroxyl groups is 3. The Labute approximate surface area is 518 Å². The topological polar surface area (TPSA) is 181 Å². The average Bonchev–Trinajstić information content (AvgIpc) is 1.41. The van der Waals surface area contributed by atoms with E-state index in [0.717, 1.165) is 115 Å². The van der Waals surface area contributed by atoms with Gasteiger partial charge < -0.3 is 43.6 Å². The van der Waals surface area contributed by atoms with Gasteiger partial charge in [-0.15, -0.1) is 0 Å². The maximum atomic E-state index is 17.8. The van der Waals surface area contributed by atoms with Crippen LogP contribution < -0.4 is 5.32 Å². The molecule has 1 aromatic heterocycles. The molecule has 2 aromatic rings. The molecule has 470 valence electrons. The van der Waals surface area contributed by atoms with Crippen molar-refractivity contribution < 1.29 is 53.1 Å². The highest BCUT2D eigenvalue weighted by molar-refractivity contribution is 5.94. The number of ketones is 1. The predicted molar refractivity (Wildman–Crippen MR) is 324 cm³/mol. The summed E-state index contributed by atoms with van der Waals surface area (Å²) in [6.07, 6.45) is 30.0. The Morgan fingerprint density at radius 1 is 0.841 bits per heavy atom. The number of ether oxygens (including phenoxy) is 4. The minimum Gasteiger partial charge on any atom is -0.469 e. The van der Waals surface area contributed by atoms with E-state index in [2.05, 4.69) is 84.9 Å². The second-order valence-electron chi connectivity index (χ2n) is 33.4. The first-order chi connectivity index (χ1) is 42.7. The number of carbonyl (C=O) groups is 3. The number of aliphatic hydroxyl groups excluding tert-OH is 3. The minimum atomic E-state index is -1.50. The van der Waals surface area contributed by atoms with E-state index in [1.807, 2.05) is 6.07 Å². The van der Waals surface area contributed by atoms with Crippen LogP contribution in [0.15, 0.2) is 83.2 Å². The molecule has 6 spiro atoms. The minimum absolute atomic E-state index is 0.0599. The molecule has 5 bridgehead atoms. The van der Waals surface area contributed by atoms with Gasteiger partial charge in [0.2, 0.25) is 0 Å². The average molecular weight is 1200 g/mol. The van der Waals surface area contributed by atoms with Crippen LogP contribution >= 0.6 is 0 Å². The zero-order valence-corrected chi connectivity index (χ0v) is 51.9. The van der Waals surface area contributed by atoms with Gasteiger partial charge in [-0.25, -0.2) is 4.79 Å². The third-order valence-electron chi connectivity index (χ3n) is 31.0. The smallest absolute Gasteiger partial charge is 0.339 e. The highest BCUT2D eigenvalue weighted by Crippen LogP contribution is 2.91. The third kappa shape index (κ3) is 6.46. The fourth-order valence-electron chi connectivity index (χ4n) is 28.5. The molecule has 17 aliphatic rings. The third-order valence-corrected chi connectivity index (χ3v) is 31.0. The summed E-state index contributed by atoms with van der Waals surface area (Å²) in [7, 11) is 0. The number of hydrogen-bond donors (Lipinski definition) is 4. The lowest BCUT2D eigenvalue weighted by atomic mass is 9.29. The van der Waals surface area contributed by atoms with Gasteiger partial charge >= 0.3 is 11.9 Å². The summed E-state index contributed by atoms with van der Waals surface area (Å²) in [6, 6.07) is 13.2. The van der Waals surface area contributed by atoms with Gasteiger partial charge in [-0.1, -0.05) is 101 Å². The maximum absolute atomic E-state index is 17.8. The molecule has 8 heterocycles. The number of benzene rings is 1. The molecule has 4 N–H and O–H groups in total. The molecule has 1 aromatic carbocycles. The molecule has 5 saturated heterocycles. The van der Waals surface area contributed by atoms with Gasteiger partial charge in [-0.3, -0.25) is 14.9 Å². The first-order valence-corrected chi connectivity index (χ1v) is 35.7. The van der Waals surface area contributed by atoms with Crippen LogP contribution in [0.3, 0.4) is 0 Å².